The molecule has 1 aliphatic carbocycles. The summed E-state index contributed by atoms with van der Waals surface area (Å²) in [5.41, 5.74) is 0.0950. The van der Waals surface area contributed by atoms with Gasteiger partial charge in [-0.1, -0.05) is 56.0 Å². The minimum absolute atomic E-state index is 0.0384. The molecule has 0 radical (unpaired) electrons. The molecule has 0 atom stereocenters. The molecular weight excluding hydrogens is 304 g/mol. The Bertz CT molecular complexity index is 725. The van der Waals surface area contributed by atoms with Gasteiger partial charge in [-0.25, -0.2) is 0 Å². The van der Waals surface area contributed by atoms with Crippen molar-refractivity contribution in [1.29, 1.82) is 5.26 Å². The molecule has 3 rings (SSSR count). The van der Waals surface area contributed by atoms with Gasteiger partial charge in [0.2, 0.25) is 11.7 Å². The van der Waals surface area contributed by atoms with Gasteiger partial charge in [-0.15, -0.1) is 10.2 Å². The lowest BCUT2D eigenvalue weighted by Gasteiger charge is -2.26. The smallest absolute Gasteiger partial charge is 0.244 e. The molecule has 1 N–H and O–H groups in total. The first-order valence-corrected chi connectivity index (χ1v) is 8.26. The summed E-state index contributed by atoms with van der Waals surface area (Å²) < 4.78 is 0. The van der Waals surface area contributed by atoms with Crippen LogP contribution in [0.3, 0.4) is 0 Å². The summed E-state index contributed by atoms with van der Waals surface area (Å²) in [7, 11) is 0. The van der Waals surface area contributed by atoms with Crippen molar-refractivity contribution >= 4 is 5.91 Å². The van der Waals surface area contributed by atoms with E-state index in [1.54, 1.807) is 0 Å². The van der Waals surface area contributed by atoms with E-state index in [4.69, 9.17) is 0 Å². The summed E-state index contributed by atoms with van der Waals surface area (Å²) in [5, 5.41) is 24.5. The van der Waals surface area contributed by atoms with E-state index in [-0.39, 0.29) is 12.5 Å². The molecule has 1 saturated carbocycles. The van der Waals surface area contributed by atoms with Crippen molar-refractivity contribution in [2.24, 2.45) is 0 Å². The topological polar surface area (TPSA) is 96.5 Å². The van der Waals surface area contributed by atoms with Gasteiger partial charge in [-0.05, 0) is 18.1 Å². The molecule has 1 fully saturated rings. The number of hydrogen-bond donors (Lipinski definition) is 1. The molecule has 1 heterocycles. The van der Waals surface area contributed by atoms with Crippen molar-refractivity contribution in [3.05, 3.63) is 30.3 Å². The van der Waals surface area contributed by atoms with Crippen LogP contribution in [0.25, 0.3) is 11.4 Å². The molecule has 1 aromatic heterocycles. The molecule has 0 spiro atoms. The van der Waals surface area contributed by atoms with Gasteiger partial charge in [0.05, 0.1) is 6.07 Å². The standard InChI is InChI=1S/C17H20N6O/c18-13-17(10-6-1-2-7-11-17)19-15(24)12-23-21-16(20-22-23)14-8-4-3-5-9-14/h3-5,8-9H,1-2,6-7,10-12H2,(H,19,24). The molecule has 0 aliphatic heterocycles. The Kier molecular flexibility index (Phi) is 4.85. The molecule has 1 aromatic carbocycles. The van der Waals surface area contributed by atoms with Gasteiger partial charge in [0, 0.05) is 5.56 Å². The highest BCUT2D eigenvalue weighted by Gasteiger charge is 2.32. The fourth-order valence-corrected chi connectivity index (χ4v) is 3.04. The van der Waals surface area contributed by atoms with Crippen LogP contribution in [0, 0.1) is 11.3 Å². The Morgan fingerprint density at radius 2 is 1.92 bits per heavy atom. The fraction of sp³-hybridized carbons (Fsp3) is 0.471. The van der Waals surface area contributed by atoms with E-state index < -0.39 is 5.54 Å². The van der Waals surface area contributed by atoms with Crippen LogP contribution in [0.1, 0.15) is 38.5 Å². The maximum atomic E-state index is 12.3. The molecular formula is C17H20N6O. The van der Waals surface area contributed by atoms with Crippen molar-refractivity contribution in [3.8, 4) is 17.5 Å². The first-order chi connectivity index (χ1) is 11.7. The number of nitriles is 1. The molecule has 0 unspecified atom stereocenters. The summed E-state index contributed by atoms with van der Waals surface area (Å²) in [5.74, 6) is 0.225. The molecule has 0 saturated heterocycles. The molecule has 0 bridgehead atoms. The predicted molar refractivity (Wildman–Crippen MR) is 87.4 cm³/mol. The second-order valence-electron chi connectivity index (χ2n) is 6.17. The summed E-state index contributed by atoms with van der Waals surface area (Å²) in [6.07, 6.45) is 5.57. The van der Waals surface area contributed by atoms with Gasteiger partial charge in [-0.3, -0.25) is 4.79 Å². The van der Waals surface area contributed by atoms with Crippen molar-refractivity contribution in [2.45, 2.75) is 50.6 Å². The van der Waals surface area contributed by atoms with Crippen LogP contribution < -0.4 is 5.32 Å². The average Bonchev–Trinajstić information content (AvgIpc) is 2.94. The number of nitrogens with zero attached hydrogens (tertiary/aromatic N) is 5. The van der Waals surface area contributed by atoms with Gasteiger partial charge in [0.1, 0.15) is 12.1 Å². The number of benzene rings is 1. The highest BCUT2D eigenvalue weighted by Crippen LogP contribution is 2.26. The number of rotatable bonds is 4. The molecule has 2 aromatic rings. The zero-order valence-corrected chi connectivity index (χ0v) is 13.5. The number of hydrogen-bond acceptors (Lipinski definition) is 5. The monoisotopic (exact) mass is 324 g/mol. The minimum Gasteiger partial charge on any atom is -0.336 e. The number of nitrogens with one attached hydrogen (secondary N) is 1. The predicted octanol–water partition coefficient (Wildman–Crippen LogP) is 2.07. The normalized spacial score (nSPS) is 16.8. The van der Waals surface area contributed by atoms with Crippen LogP contribution in [0.15, 0.2) is 30.3 Å². The maximum absolute atomic E-state index is 12.3. The third-order valence-corrected chi connectivity index (χ3v) is 4.32. The van der Waals surface area contributed by atoms with Crippen LogP contribution >= 0.6 is 0 Å². The summed E-state index contributed by atoms with van der Waals surface area (Å²) >= 11 is 0. The summed E-state index contributed by atoms with van der Waals surface area (Å²) in [4.78, 5) is 13.6. The van der Waals surface area contributed by atoms with Crippen molar-refractivity contribution < 1.29 is 4.79 Å². The Hall–Kier alpha value is -2.75. The van der Waals surface area contributed by atoms with E-state index in [1.165, 1.54) is 4.80 Å². The second kappa shape index (κ2) is 7.21. The Morgan fingerprint density at radius 3 is 2.58 bits per heavy atom. The summed E-state index contributed by atoms with van der Waals surface area (Å²) in [6.45, 7) is -0.0384. The van der Waals surface area contributed by atoms with Crippen LogP contribution in [0.4, 0.5) is 0 Å². The zero-order chi connectivity index (χ0) is 16.8. The van der Waals surface area contributed by atoms with Gasteiger partial charge in [-0.2, -0.15) is 10.1 Å². The zero-order valence-electron chi connectivity index (χ0n) is 13.5. The minimum atomic E-state index is -0.754. The molecule has 1 aliphatic rings. The number of carbonyl (C=O) groups excluding carboxylic acids is 1. The number of carbonyl (C=O) groups is 1. The molecule has 7 heteroatoms. The largest absolute Gasteiger partial charge is 0.336 e. The highest BCUT2D eigenvalue weighted by molar-refractivity contribution is 5.77. The lowest BCUT2D eigenvalue weighted by atomic mass is 9.92. The van der Waals surface area contributed by atoms with Gasteiger partial charge in [0.15, 0.2) is 0 Å². The van der Waals surface area contributed by atoms with Crippen LogP contribution in [-0.4, -0.2) is 31.7 Å². The fourth-order valence-electron chi connectivity index (χ4n) is 3.04. The van der Waals surface area contributed by atoms with E-state index in [1.807, 2.05) is 30.3 Å². The quantitative estimate of drug-likeness (QED) is 0.868. The third-order valence-electron chi connectivity index (χ3n) is 4.32. The van der Waals surface area contributed by atoms with Gasteiger partial charge in [0.25, 0.3) is 0 Å². The molecule has 24 heavy (non-hydrogen) atoms. The van der Waals surface area contributed by atoms with Gasteiger partial charge >= 0.3 is 0 Å². The van der Waals surface area contributed by atoms with Crippen LogP contribution in [-0.2, 0) is 11.3 Å². The Balaban J connectivity index is 1.65. The first kappa shape index (κ1) is 16.1. The number of aromatic nitrogens is 4. The summed E-state index contributed by atoms with van der Waals surface area (Å²) in [6, 6.07) is 11.8. The molecule has 124 valence electrons. The van der Waals surface area contributed by atoms with E-state index >= 15 is 0 Å². The van der Waals surface area contributed by atoms with Crippen molar-refractivity contribution in [1.82, 2.24) is 25.5 Å². The van der Waals surface area contributed by atoms with E-state index in [0.717, 1.165) is 31.2 Å². The van der Waals surface area contributed by atoms with E-state index in [9.17, 15) is 10.1 Å². The first-order valence-electron chi connectivity index (χ1n) is 8.26. The van der Waals surface area contributed by atoms with Crippen LogP contribution in [0.2, 0.25) is 0 Å². The second-order valence-corrected chi connectivity index (χ2v) is 6.17. The number of amides is 1. The van der Waals surface area contributed by atoms with Crippen LogP contribution in [0.5, 0.6) is 0 Å². The maximum Gasteiger partial charge on any atom is 0.244 e. The Labute approximate surface area is 140 Å². The highest BCUT2D eigenvalue weighted by atomic mass is 16.2. The van der Waals surface area contributed by atoms with Crippen molar-refractivity contribution in [3.63, 3.8) is 0 Å². The average molecular weight is 324 g/mol. The van der Waals surface area contributed by atoms with Crippen molar-refractivity contribution in [2.75, 3.05) is 0 Å². The Morgan fingerprint density at radius 1 is 1.21 bits per heavy atom. The number of tetrazole rings is 1. The lowest BCUT2D eigenvalue weighted by molar-refractivity contribution is -0.123. The van der Waals surface area contributed by atoms with E-state index in [0.29, 0.717) is 18.7 Å². The van der Waals surface area contributed by atoms with E-state index in [2.05, 4.69) is 26.8 Å². The SMILES string of the molecule is N#CC1(NC(=O)Cn2nnc(-c3ccccc3)n2)CCCCCC1. The third kappa shape index (κ3) is 3.77. The van der Waals surface area contributed by atoms with Gasteiger partial charge < -0.3 is 5.32 Å². The molecule has 7 nitrogen and oxygen atoms in total. The molecule has 1 amide bonds. The lowest BCUT2D eigenvalue weighted by Crippen LogP contribution is -2.48.